The number of benzene rings is 2. The normalized spacial score (nSPS) is 19.7. The van der Waals surface area contributed by atoms with Crippen LogP contribution in [0.2, 0.25) is 0 Å². The van der Waals surface area contributed by atoms with Crippen molar-refractivity contribution < 1.29 is 18.7 Å². The third-order valence-electron chi connectivity index (χ3n) is 5.16. The van der Waals surface area contributed by atoms with E-state index in [4.69, 9.17) is 4.74 Å². The molecule has 0 radical (unpaired) electrons. The second kappa shape index (κ2) is 6.93. The van der Waals surface area contributed by atoms with Crippen LogP contribution in [0.15, 0.2) is 42.5 Å². The van der Waals surface area contributed by atoms with Gasteiger partial charge in [-0.3, -0.25) is 9.69 Å². The molecule has 28 heavy (non-hydrogen) atoms. The van der Waals surface area contributed by atoms with E-state index in [1.807, 2.05) is 24.3 Å². The number of nitrogens with one attached hydrogen (secondary N) is 1. The number of imide groups is 1. The van der Waals surface area contributed by atoms with Crippen molar-refractivity contribution in [1.82, 2.24) is 10.2 Å². The Morgan fingerprint density at radius 1 is 1.11 bits per heavy atom. The average molecular weight is 384 g/mol. The van der Waals surface area contributed by atoms with Gasteiger partial charge in [-0.15, -0.1) is 0 Å². The minimum atomic E-state index is -1.15. The molecule has 1 aliphatic rings. The Morgan fingerprint density at radius 2 is 1.75 bits per heavy atom. The molecule has 1 fully saturated rings. The molecular weight excluding hydrogens is 359 g/mol. The summed E-state index contributed by atoms with van der Waals surface area (Å²) >= 11 is 0. The third kappa shape index (κ3) is 3.46. The van der Waals surface area contributed by atoms with Crippen LogP contribution in [0.25, 0.3) is 0 Å². The van der Waals surface area contributed by atoms with Crippen molar-refractivity contribution in [1.29, 1.82) is 0 Å². The fraction of sp³-hybridized carbons (Fsp3) is 0.364. The molecule has 3 amide bonds. The van der Waals surface area contributed by atoms with E-state index < -0.39 is 17.4 Å². The number of carbonyl (C=O) groups is 2. The highest BCUT2D eigenvalue weighted by molar-refractivity contribution is 6.07. The second-order valence-electron chi connectivity index (χ2n) is 8.24. The van der Waals surface area contributed by atoms with Crippen molar-refractivity contribution >= 4 is 11.9 Å². The highest BCUT2D eigenvalue weighted by atomic mass is 19.1. The Hall–Kier alpha value is -2.89. The monoisotopic (exact) mass is 384 g/mol. The molecule has 3 rings (SSSR count). The largest absolute Gasteiger partial charge is 0.494 e. The molecule has 1 atom stereocenters. The van der Waals surface area contributed by atoms with Crippen LogP contribution in [0.1, 0.15) is 44.4 Å². The first-order valence-electron chi connectivity index (χ1n) is 9.14. The predicted octanol–water partition coefficient (Wildman–Crippen LogP) is 4.10. The quantitative estimate of drug-likeness (QED) is 0.808. The van der Waals surface area contributed by atoms with Crippen LogP contribution in [0, 0.1) is 5.82 Å². The van der Waals surface area contributed by atoms with E-state index in [-0.39, 0.29) is 23.6 Å². The van der Waals surface area contributed by atoms with Gasteiger partial charge in [-0.2, -0.15) is 0 Å². The molecule has 1 aliphatic heterocycles. The first-order valence-corrected chi connectivity index (χ1v) is 9.14. The Morgan fingerprint density at radius 3 is 2.29 bits per heavy atom. The molecule has 2 aromatic carbocycles. The minimum absolute atomic E-state index is 0.00710. The molecule has 1 saturated heterocycles. The van der Waals surface area contributed by atoms with Crippen LogP contribution < -0.4 is 10.1 Å². The lowest BCUT2D eigenvalue weighted by Gasteiger charge is -2.24. The van der Waals surface area contributed by atoms with E-state index in [1.54, 1.807) is 13.0 Å². The molecule has 5 nitrogen and oxygen atoms in total. The first-order chi connectivity index (χ1) is 13.1. The van der Waals surface area contributed by atoms with Crippen molar-refractivity contribution in [3.8, 4) is 5.75 Å². The Balaban J connectivity index is 1.85. The SMILES string of the molecule is COc1ccc(CN2C(=O)N[C@@](C)(c3ccc(C(C)(C)C)cc3)C2=O)cc1F. The fourth-order valence-corrected chi connectivity index (χ4v) is 3.33. The fourth-order valence-electron chi connectivity index (χ4n) is 3.33. The summed E-state index contributed by atoms with van der Waals surface area (Å²) in [5.74, 6) is -0.783. The second-order valence-corrected chi connectivity index (χ2v) is 8.24. The van der Waals surface area contributed by atoms with Gasteiger partial charge in [0.1, 0.15) is 5.54 Å². The highest BCUT2D eigenvalue weighted by Crippen LogP contribution is 2.32. The Kier molecular flexibility index (Phi) is 4.91. The highest BCUT2D eigenvalue weighted by Gasteiger charge is 2.48. The van der Waals surface area contributed by atoms with E-state index in [1.165, 1.54) is 19.2 Å². The van der Waals surface area contributed by atoms with E-state index in [2.05, 4.69) is 26.1 Å². The summed E-state index contributed by atoms with van der Waals surface area (Å²) in [6.07, 6.45) is 0. The molecule has 0 unspecified atom stereocenters. The molecule has 0 spiro atoms. The third-order valence-corrected chi connectivity index (χ3v) is 5.16. The van der Waals surface area contributed by atoms with Crippen LogP contribution in [-0.2, 0) is 22.3 Å². The van der Waals surface area contributed by atoms with E-state index >= 15 is 0 Å². The lowest BCUT2D eigenvalue weighted by atomic mass is 9.84. The number of rotatable bonds is 4. The summed E-state index contributed by atoms with van der Waals surface area (Å²) in [6, 6.07) is 11.6. The number of hydrogen-bond donors (Lipinski definition) is 1. The Bertz CT molecular complexity index is 918. The number of ether oxygens (including phenoxy) is 1. The molecule has 148 valence electrons. The number of nitrogens with zero attached hydrogens (tertiary/aromatic N) is 1. The van der Waals surface area contributed by atoms with Gasteiger partial charge in [0.15, 0.2) is 11.6 Å². The van der Waals surface area contributed by atoms with E-state index in [0.717, 1.165) is 10.5 Å². The zero-order chi connectivity index (χ0) is 20.7. The molecule has 0 aromatic heterocycles. The molecule has 0 saturated carbocycles. The molecule has 0 aliphatic carbocycles. The lowest BCUT2D eigenvalue weighted by Crippen LogP contribution is -2.40. The maximum Gasteiger partial charge on any atom is 0.325 e. The van der Waals surface area contributed by atoms with Gasteiger partial charge >= 0.3 is 6.03 Å². The van der Waals surface area contributed by atoms with Crippen LogP contribution in [-0.4, -0.2) is 23.9 Å². The van der Waals surface area contributed by atoms with Gasteiger partial charge in [0.2, 0.25) is 0 Å². The molecular formula is C22H25FN2O3. The van der Waals surface area contributed by atoms with Crippen molar-refractivity contribution in [2.24, 2.45) is 0 Å². The number of hydrogen-bond acceptors (Lipinski definition) is 3. The summed E-state index contributed by atoms with van der Waals surface area (Å²) in [7, 11) is 1.38. The number of urea groups is 1. The number of carbonyl (C=O) groups excluding carboxylic acids is 2. The summed E-state index contributed by atoms with van der Waals surface area (Å²) in [5.41, 5.74) is 1.20. The van der Waals surface area contributed by atoms with Crippen LogP contribution in [0.3, 0.4) is 0 Å². The number of halogens is 1. The summed E-state index contributed by atoms with van der Waals surface area (Å²) in [5, 5.41) is 2.78. The number of amides is 3. The van der Waals surface area contributed by atoms with Gasteiger partial charge in [0, 0.05) is 0 Å². The van der Waals surface area contributed by atoms with Gasteiger partial charge in [-0.25, -0.2) is 9.18 Å². The zero-order valence-corrected chi connectivity index (χ0v) is 16.8. The van der Waals surface area contributed by atoms with Crippen LogP contribution >= 0.6 is 0 Å². The average Bonchev–Trinajstić information content (AvgIpc) is 2.85. The van der Waals surface area contributed by atoms with E-state index in [0.29, 0.717) is 11.1 Å². The maximum absolute atomic E-state index is 13.9. The molecule has 2 aromatic rings. The summed E-state index contributed by atoms with van der Waals surface area (Å²) in [6.45, 7) is 8.01. The van der Waals surface area contributed by atoms with Crippen molar-refractivity contribution in [2.45, 2.75) is 45.2 Å². The van der Waals surface area contributed by atoms with Gasteiger partial charge in [-0.05, 0) is 41.2 Å². The van der Waals surface area contributed by atoms with Crippen LogP contribution in [0.4, 0.5) is 9.18 Å². The molecule has 0 bridgehead atoms. The van der Waals surface area contributed by atoms with Gasteiger partial charge in [0.05, 0.1) is 13.7 Å². The molecule has 1 heterocycles. The summed E-state index contributed by atoms with van der Waals surface area (Å²) in [4.78, 5) is 26.7. The topological polar surface area (TPSA) is 58.6 Å². The summed E-state index contributed by atoms with van der Waals surface area (Å²) < 4.78 is 18.8. The van der Waals surface area contributed by atoms with Crippen molar-refractivity contribution in [2.75, 3.05) is 7.11 Å². The zero-order valence-electron chi connectivity index (χ0n) is 16.8. The van der Waals surface area contributed by atoms with Crippen LogP contribution in [0.5, 0.6) is 5.75 Å². The Labute approximate surface area is 164 Å². The number of methoxy groups -OCH3 is 1. The smallest absolute Gasteiger partial charge is 0.325 e. The van der Waals surface area contributed by atoms with Gasteiger partial charge in [-0.1, -0.05) is 51.1 Å². The predicted molar refractivity (Wildman–Crippen MR) is 105 cm³/mol. The lowest BCUT2D eigenvalue weighted by molar-refractivity contribution is -0.131. The minimum Gasteiger partial charge on any atom is -0.494 e. The molecule has 1 N–H and O–H groups in total. The van der Waals surface area contributed by atoms with Gasteiger partial charge in [0.25, 0.3) is 5.91 Å². The molecule has 6 heteroatoms. The van der Waals surface area contributed by atoms with Crippen molar-refractivity contribution in [3.63, 3.8) is 0 Å². The van der Waals surface area contributed by atoms with Crippen molar-refractivity contribution in [3.05, 3.63) is 65.0 Å². The van der Waals surface area contributed by atoms with Gasteiger partial charge < -0.3 is 10.1 Å². The van der Waals surface area contributed by atoms with E-state index in [9.17, 15) is 14.0 Å². The first kappa shape index (κ1) is 19.9. The maximum atomic E-state index is 13.9. The standard InChI is InChI=1S/C22H25FN2O3/c1-21(2,3)15-7-9-16(10-8-15)22(4)19(26)25(20(27)24-22)13-14-6-11-18(28-5)17(23)12-14/h6-12H,13H2,1-5H3,(H,24,27)/t22-/m0/s1.